The van der Waals surface area contributed by atoms with E-state index < -0.39 is 23.5 Å². The number of hydrogen-bond acceptors (Lipinski definition) is 16. The molecule has 2 saturated heterocycles. The van der Waals surface area contributed by atoms with Crippen molar-refractivity contribution < 1.29 is 59.4 Å². The molecule has 0 bridgehead atoms. The van der Waals surface area contributed by atoms with Crippen molar-refractivity contribution >= 4 is 11.4 Å². The molecule has 0 amide bonds. The molecule has 2 fully saturated rings. The number of ether oxygens (including phenoxy) is 2. The minimum atomic E-state index is -4.54. The van der Waals surface area contributed by atoms with Crippen LogP contribution in [0.4, 0.5) is 37.7 Å². The van der Waals surface area contributed by atoms with Crippen molar-refractivity contribution in [3.8, 4) is 114 Å². The zero-order chi connectivity index (χ0) is 83.7. The van der Waals surface area contributed by atoms with E-state index in [1.807, 2.05) is 80.3 Å². The highest BCUT2D eigenvalue weighted by Gasteiger charge is 2.38. The first-order valence-corrected chi connectivity index (χ1v) is 37.6. The average molecular weight is 1550 g/mol. The number of hydrogen-bond donors (Lipinski definition) is 0. The van der Waals surface area contributed by atoms with E-state index in [0.717, 1.165) is 105 Å². The Morgan fingerprint density at radius 2 is 0.711 bits per heavy atom. The minimum Gasteiger partial charge on any atom is -0.380 e. The van der Waals surface area contributed by atoms with Crippen LogP contribution >= 0.6 is 0 Å². The van der Waals surface area contributed by atoms with Crippen molar-refractivity contribution in [3.63, 3.8) is 0 Å². The number of nitrogens with zero attached hydrogens (tertiary/aromatic N) is 10. The molecular weight excluding hydrogens is 1460 g/mol. The molecule has 16 nitrogen and oxygen atoms in total. The lowest BCUT2D eigenvalue weighted by Gasteiger charge is -2.37. The van der Waals surface area contributed by atoms with Gasteiger partial charge in [0, 0.05) is 101 Å². The number of aryl methyl sites for hydroxylation is 6. The zero-order valence-electron chi connectivity index (χ0n) is 68.9. The quantitative estimate of drug-likeness (QED) is 0.0833. The molecule has 2 aliphatic heterocycles. The lowest BCUT2D eigenvalue weighted by molar-refractivity contribution is -0.137. The molecule has 0 N–H and O–H groups in total. The van der Waals surface area contributed by atoms with Crippen LogP contribution < -0.4 is 9.80 Å². The van der Waals surface area contributed by atoms with Gasteiger partial charge in [0.15, 0.2) is 0 Å². The van der Waals surface area contributed by atoms with Crippen LogP contribution in [0.5, 0.6) is 0 Å². The van der Waals surface area contributed by atoms with Gasteiger partial charge in [0.1, 0.15) is 0 Å². The summed E-state index contributed by atoms with van der Waals surface area (Å²) in [6.07, 6.45) is -2.51. The number of alkyl halides is 6. The summed E-state index contributed by atoms with van der Waals surface area (Å²) in [4.78, 5) is 22.0. The van der Waals surface area contributed by atoms with E-state index in [4.69, 9.17) is 33.0 Å². The van der Waals surface area contributed by atoms with Gasteiger partial charge >= 0.3 is 12.4 Å². The maximum atomic E-state index is 13.9. The number of anilines is 2. The van der Waals surface area contributed by atoms with Crippen molar-refractivity contribution in [2.45, 2.75) is 132 Å². The Morgan fingerprint density at radius 3 is 1.10 bits per heavy atom. The fourth-order valence-corrected chi connectivity index (χ4v) is 14.2. The summed E-state index contributed by atoms with van der Waals surface area (Å²) < 4.78 is 147. The highest BCUT2D eigenvalue weighted by molar-refractivity contribution is 5.77. The Labute approximate surface area is 664 Å². The molecule has 0 spiro atoms. The highest BCUT2D eigenvalue weighted by Crippen LogP contribution is 2.44. The average Bonchev–Trinajstić information content (AvgIpc) is 1.32. The molecule has 584 valence electrons. The lowest BCUT2D eigenvalue weighted by atomic mass is 9.94. The fourth-order valence-electron chi connectivity index (χ4n) is 14.2. The van der Waals surface area contributed by atoms with Crippen LogP contribution in [0.1, 0.15) is 113 Å². The van der Waals surface area contributed by atoms with Crippen LogP contribution in [0.3, 0.4) is 0 Å². The summed E-state index contributed by atoms with van der Waals surface area (Å²) in [7, 11) is 3.41. The standard InChI is InChI=1S/C24H22N2O2.C23H17F3N2O.C23H27N3O2.C22H22F3N3O/c1-16-7-6-9-18(13-16)23-25-24(28-26-23)19-11-12-22(20(14-19)15-27-3)21-10-5-4-8-17(21)2;1-14-6-5-8-16(12-14)21-27-22(29-28-21)17-10-11-19(20(13-17)23(24,25)26)18-9-4-3-7-15(18)2;1-16-7-6-9-18(13-16)22-24-23(28-25-22)19-10-11-21(20(14-19)15-27-3)26-12-5-4-8-17(26)2;1-14-6-5-8-16(12-14)20-26-21(29-27-20)17-9-10-19(18(13-17)22(23,24)25)28-11-4-3-7-15(28)2/h4-14H,15H2,1-3H3;3-13H,1-2H3;6-7,9-11,13-14,17H,4-5,8,12,15H2,1-3H3;5-6,8-10,12-13,15H,3-4,7,11H2,1-2H3/i7D;6D;7D;6D. The number of piperidine rings is 2. The largest absolute Gasteiger partial charge is 0.418 e. The van der Waals surface area contributed by atoms with Gasteiger partial charge in [0.05, 0.1) is 29.8 Å². The molecule has 10 aromatic carbocycles. The fraction of sp³-hybridized carbons (Fsp3) is 0.261. The third-order valence-corrected chi connectivity index (χ3v) is 20.0. The molecule has 0 saturated carbocycles. The van der Waals surface area contributed by atoms with E-state index in [1.165, 1.54) is 48.2 Å². The second kappa shape index (κ2) is 35.7. The van der Waals surface area contributed by atoms with Crippen LogP contribution in [0.2, 0.25) is 0 Å². The van der Waals surface area contributed by atoms with Gasteiger partial charge in [-0.15, -0.1) is 0 Å². The Balaban J connectivity index is 0.000000136. The third-order valence-electron chi connectivity index (χ3n) is 20.0. The summed E-state index contributed by atoms with van der Waals surface area (Å²) in [6.45, 7) is 18.2. The predicted octanol–water partition coefficient (Wildman–Crippen LogP) is 23.9. The second-order valence-corrected chi connectivity index (χ2v) is 28.5. The molecular formula is C92H88F6N10O6. The Kier molecular flexibility index (Phi) is 23.4. The van der Waals surface area contributed by atoms with E-state index in [1.54, 1.807) is 120 Å². The minimum absolute atomic E-state index is 0.000522. The van der Waals surface area contributed by atoms with Crippen LogP contribution in [-0.4, -0.2) is 80.0 Å². The van der Waals surface area contributed by atoms with Gasteiger partial charge in [0.2, 0.25) is 23.3 Å². The van der Waals surface area contributed by atoms with E-state index in [2.05, 4.69) is 89.6 Å². The maximum Gasteiger partial charge on any atom is 0.418 e. The lowest BCUT2D eigenvalue weighted by Crippen LogP contribution is -2.38. The van der Waals surface area contributed by atoms with Gasteiger partial charge in [-0.05, 0) is 218 Å². The molecule has 2 unspecified atom stereocenters. The normalized spacial score (nSPS) is 14.8. The van der Waals surface area contributed by atoms with Gasteiger partial charge in [0.25, 0.3) is 23.6 Å². The van der Waals surface area contributed by atoms with E-state index in [9.17, 15) is 26.3 Å². The Hall–Kier alpha value is -12.1. The number of methoxy groups -OCH3 is 2. The maximum absolute atomic E-state index is 13.9. The van der Waals surface area contributed by atoms with Crippen LogP contribution in [0.25, 0.3) is 114 Å². The summed E-state index contributed by atoms with van der Waals surface area (Å²) >= 11 is 0. The molecule has 2 aliphatic rings. The van der Waals surface area contributed by atoms with Gasteiger partial charge in [-0.25, -0.2) is 0 Å². The molecule has 2 atom stereocenters. The third kappa shape index (κ3) is 19.1. The van der Waals surface area contributed by atoms with Crippen LogP contribution in [0.15, 0.2) is 236 Å². The predicted molar refractivity (Wildman–Crippen MR) is 433 cm³/mol. The van der Waals surface area contributed by atoms with Gasteiger partial charge in [-0.3, -0.25) is 0 Å². The monoisotopic (exact) mass is 1550 g/mol. The summed E-state index contributed by atoms with van der Waals surface area (Å²) in [5, 5.41) is 16.1. The first-order valence-electron chi connectivity index (χ1n) is 39.6. The molecule has 16 rings (SSSR count). The molecule has 0 aliphatic carbocycles. The summed E-state index contributed by atoms with van der Waals surface area (Å²) in [6, 6.07) is 59.3. The smallest absolute Gasteiger partial charge is 0.380 e. The number of aromatic nitrogens is 8. The van der Waals surface area contributed by atoms with Crippen molar-refractivity contribution in [3.05, 3.63) is 274 Å². The topological polar surface area (TPSA) is 181 Å². The van der Waals surface area contributed by atoms with Gasteiger partial charge in [-0.1, -0.05) is 176 Å². The number of rotatable bonds is 16. The highest BCUT2D eigenvalue weighted by atomic mass is 19.4. The first kappa shape index (κ1) is 74.6. The van der Waals surface area contributed by atoms with E-state index >= 15 is 0 Å². The van der Waals surface area contributed by atoms with Crippen molar-refractivity contribution in [1.82, 2.24) is 40.6 Å². The zero-order valence-corrected chi connectivity index (χ0v) is 64.9. The molecule has 14 aromatic rings. The van der Waals surface area contributed by atoms with E-state index in [-0.39, 0.29) is 51.8 Å². The molecule has 22 heteroatoms. The molecule has 0 radical (unpaired) electrons. The van der Waals surface area contributed by atoms with Crippen molar-refractivity contribution in [1.29, 1.82) is 0 Å². The molecule has 6 heterocycles. The number of benzene rings is 10. The molecule has 114 heavy (non-hydrogen) atoms. The second-order valence-electron chi connectivity index (χ2n) is 28.5. The van der Waals surface area contributed by atoms with E-state index in [0.29, 0.717) is 90.1 Å². The van der Waals surface area contributed by atoms with Crippen LogP contribution in [0, 0.1) is 41.5 Å². The van der Waals surface area contributed by atoms with Crippen molar-refractivity contribution in [2.24, 2.45) is 0 Å². The summed E-state index contributed by atoms with van der Waals surface area (Å²) in [5.74, 6) is 2.55. The van der Waals surface area contributed by atoms with Gasteiger partial charge < -0.3 is 37.4 Å². The first-order chi connectivity index (χ1) is 56.6. The van der Waals surface area contributed by atoms with Gasteiger partial charge in [-0.2, -0.15) is 46.3 Å². The SMILES string of the molecule is [2H]c1ccc(-c2noc(-c3ccc(-c4ccccc4C)c(C(F)(F)F)c3)n2)cc1C.[2H]c1ccc(-c2noc(-c3ccc(-c4ccccc4C)c(COC)c3)n2)cc1C.[2H]c1ccc(-c2noc(-c3ccc(N4CCCCC4C)c(C(F)(F)F)c3)n2)cc1C.[2H]c1ccc(-c2noc(-c3ccc(N4CCCCC4C)c(COC)c3)n2)cc1C. The van der Waals surface area contributed by atoms with Crippen LogP contribution in [-0.2, 0) is 35.0 Å². The Morgan fingerprint density at radius 1 is 0.368 bits per heavy atom. The summed E-state index contributed by atoms with van der Waals surface area (Å²) in [5.41, 5.74) is 15.4. The molecule has 4 aromatic heterocycles. The Bertz CT molecular complexity index is 5880. The van der Waals surface area contributed by atoms with Crippen molar-refractivity contribution in [2.75, 3.05) is 37.1 Å². The number of halogens is 6.